The minimum Gasteiger partial charge on any atom is -0.410 e. The lowest BCUT2D eigenvalue weighted by Gasteiger charge is -2.34. The fourth-order valence-electron chi connectivity index (χ4n) is 3.66. The highest BCUT2D eigenvalue weighted by atomic mass is 32.1. The van der Waals surface area contributed by atoms with E-state index in [0.717, 1.165) is 31.8 Å². The molecule has 30 heavy (non-hydrogen) atoms. The number of amides is 1. The maximum absolute atomic E-state index is 12.4. The Morgan fingerprint density at radius 2 is 2.00 bits per heavy atom. The van der Waals surface area contributed by atoms with Crippen LogP contribution in [0, 0.1) is 5.92 Å². The summed E-state index contributed by atoms with van der Waals surface area (Å²) in [6, 6.07) is 0. The first kappa shape index (κ1) is 22.3. The second kappa shape index (κ2) is 9.59. The summed E-state index contributed by atoms with van der Waals surface area (Å²) in [5, 5.41) is 11.0. The summed E-state index contributed by atoms with van der Waals surface area (Å²) in [5.41, 5.74) is 6.20. The first-order valence-corrected chi connectivity index (χ1v) is 10.2. The molecule has 1 aliphatic carbocycles. The number of likely N-dealkylation sites (tertiary alicyclic amines) is 1. The van der Waals surface area contributed by atoms with E-state index in [9.17, 15) is 18.0 Å². The predicted octanol–water partition coefficient (Wildman–Crippen LogP) is 3.14. The van der Waals surface area contributed by atoms with Crippen molar-refractivity contribution in [2.75, 3.05) is 13.1 Å². The highest BCUT2D eigenvalue weighted by Crippen LogP contribution is 2.27. The van der Waals surface area contributed by atoms with Crippen molar-refractivity contribution in [1.82, 2.24) is 10.2 Å². The molecule has 3 aliphatic rings. The fourth-order valence-corrected chi connectivity index (χ4v) is 3.90. The molecule has 0 radical (unpaired) electrons. The van der Waals surface area contributed by atoms with Gasteiger partial charge in [-0.15, -0.1) is 23.4 Å². The quantitative estimate of drug-likeness (QED) is 0.652. The van der Waals surface area contributed by atoms with Gasteiger partial charge in [0.25, 0.3) is 0 Å². The van der Waals surface area contributed by atoms with E-state index in [4.69, 9.17) is 18.0 Å². The second-order valence-electron chi connectivity index (χ2n) is 7.43. The van der Waals surface area contributed by atoms with Crippen molar-refractivity contribution in [3.8, 4) is 0 Å². The zero-order valence-corrected chi connectivity index (χ0v) is 17.2. The van der Waals surface area contributed by atoms with E-state index < -0.39 is 6.36 Å². The molecule has 0 saturated carbocycles. The monoisotopic (exact) mass is 443 g/mol. The van der Waals surface area contributed by atoms with Crippen LogP contribution in [0.2, 0.25) is 0 Å². The number of nitrogens with one attached hydrogen (secondary N) is 1. The molecule has 0 aromatic heterocycles. The van der Waals surface area contributed by atoms with Crippen molar-refractivity contribution in [2.45, 2.75) is 51.3 Å². The normalized spacial score (nSPS) is 20.6. The number of rotatable bonds is 4. The molecule has 164 valence electrons. The van der Waals surface area contributed by atoms with E-state index in [1.54, 1.807) is 6.08 Å². The topological polar surface area (TPSA) is 92.3 Å². The Balaban J connectivity index is 1.49. The van der Waals surface area contributed by atoms with Crippen LogP contribution in [0.4, 0.5) is 13.2 Å². The molecule has 3 N–H and O–H groups in total. The zero-order chi connectivity index (χ0) is 21.7. The van der Waals surface area contributed by atoms with Gasteiger partial charge in [0.1, 0.15) is 17.4 Å². The highest BCUT2D eigenvalue weighted by Gasteiger charge is 2.32. The van der Waals surface area contributed by atoms with Gasteiger partial charge in [0.2, 0.25) is 5.91 Å². The van der Waals surface area contributed by atoms with E-state index in [1.807, 2.05) is 0 Å². The fraction of sp³-hybridized carbons (Fsp3) is 0.579. The van der Waals surface area contributed by atoms with Crippen LogP contribution in [0.1, 0.15) is 44.9 Å². The van der Waals surface area contributed by atoms with Gasteiger partial charge in [0, 0.05) is 38.3 Å². The first-order valence-electron chi connectivity index (χ1n) is 9.82. The summed E-state index contributed by atoms with van der Waals surface area (Å²) in [6.45, 7) is 1.64. The van der Waals surface area contributed by atoms with Crippen molar-refractivity contribution in [3.63, 3.8) is 0 Å². The van der Waals surface area contributed by atoms with Crippen molar-refractivity contribution >= 4 is 34.8 Å². The Labute approximate surface area is 177 Å². The maximum atomic E-state index is 12.4. The Morgan fingerprint density at radius 1 is 1.27 bits per heavy atom. The van der Waals surface area contributed by atoms with Crippen LogP contribution in [-0.4, -0.2) is 46.9 Å². The van der Waals surface area contributed by atoms with Gasteiger partial charge in [-0.3, -0.25) is 4.79 Å². The van der Waals surface area contributed by atoms with Crippen molar-refractivity contribution in [2.24, 2.45) is 21.9 Å². The van der Waals surface area contributed by atoms with Gasteiger partial charge in [-0.1, -0.05) is 18.3 Å². The molecule has 3 rings (SSSR count). The Bertz CT molecular complexity index is 811. The zero-order valence-electron chi connectivity index (χ0n) is 16.4. The third-order valence-corrected chi connectivity index (χ3v) is 5.51. The highest BCUT2D eigenvalue weighted by molar-refractivity contribution is 7.80. The minimum absolute atomic E-state index is 0.0488. The number of amidine groups is 2. The van der Waals surface area contributed by atoms with Crippen LogP contribution in [0.5, 0.6) is 0 Å². The van der Waals surface area contributed by atoms with Gasteiger partial charge in [0.15, 0.2) is 0 Å². The average Bonchev–Trinajstić information content (AvgIpc) is 2.67. The van der Waals surface area contributed by atoms with E-state index >= 15 is 0 Å². The summed E-state index contributed by atoms with van der Waals surface area (Å²) >= 11 is 5.06. The summed E-state index contributed by atoms with van der Waals surface area (Å²) in [6.07, 6.45) is 1.76. The van der Waals surface area contributed by atoms with Gasteiger partial charge in [-0.05, 0) is 30.9 Å². The lowest BCUT2D eigenvalue weighted by atomic mass is 9.96. The number of halogens is 3. The number of thiocarbonyl (C=S) groups is 1. The number of hydrogen-bond donors (Lipinski definition) is 2. The SMILES string of the molecule is NC(=S)C1CCN(C2=NN=C(NC(=O)CC3=CCCC(OC(F)(F)F)=C3)CC2)CC1. The lowest BCUT2D eigenvalue weighted by molar-refractivity contribution is -0.306. The summed E-state index contributed by atoms with van der Waals surface area (Å²) in [7, 11) is 0. The molecule has 0 spiro atoms. The van der Waals surface area contributed by atoms with Crippen LogP contribution in [0.15, 0.2) is 33.7 Å². The number of nitrogens with zero attached hydrogens (tertiary/aromatic N) is 3. The number of nitrogens with two attached hydrogens (primary N) is 1. The first-order chi connectivity index (χ1) is 14.2. The van der Waals surface area contributed by atoms with E-state index in [-0.39, 0.29) is 30.4 Å². The van der Waals surface area contributed by atoms with Gasteiger partial charge in [-0.2, -0.15) is 0 Å². The van der Waals surface area contributed by atoms with Gasteiger partial charge in [0.05, 0.1) is 11.4 Å². The molecule has 2 aliphatic heterocycles. The number of alkyl halides is 3. The van der Waals surface area contributed by atoms with Crippen molar-refractivity contribution in [1.29, 1.82) is 0 Å². The maximum Gasteiger partial charge on any atom is 0.572 e. The van der Waals surface area contributed by atoms with E-state index in [1.165, 1.54) is 6.08 Å². The number of piperidine rings is 1. The molecule has 0 bridgehead atoms. The lowest BCUT2D eigenvalue weighted by Crippen LogP contribution is -2.42. The standard InChI is InChI=1S/C19H24F3N5O2S/c20-19(21,22)29-14-3-1-2-12(10-14)11-17(28)24-15-4-5-16(26-25-15)27-8-6-13(7-9-27)18(23)30/h2,10,13H,1,3-9,11H2,(H2,23,30)(H,24,25,28). The molecule has 0 atom stereocenters. The molecule has 1 fully saturated rings. The number of ether oxygens (including phenoxy) is 1. The number of carbonyl (C=O) groups is 1. The molecule has 2 heterocycles. The summed E-state index contributed by atoms with van der Waals surface area (Å²) in [5.74, 6) is 1.07. The molecule has 11 heteroatoms. The third kappa shape index (κ3) is 6.54. The number of allylic oxidation sites excluding steroid dienone is 3. The Kier molecular flexibility index (Phi) is 7.11. The Morgan fingerprint density at radius 3 is 2.60 bits per heavy atom. The molecule has 0 unspecified atom stereocenters. The molecule has 1 saturated heterocycles. The van der Waals surface area contributed by atoms with Crippen LogP contribution in [-0.2, 0) is 9.53 Å². The van der Waals surface area contributed by atoms with Gasteiger partial charge < -0.3 is 20.7 Å². The molecular weight excluding hydrogens is 419 g/mol. The largest absolute Gasteiger partial charge is 0.572 e. The molecule has 7 nitrogen and oxygen atoms in total. The van der Waals surface area contributed by atoms with Crippen LogP contribution >= 0.6 is 12.2 Å². The van der Waals surface area contributed by atoms with Crippen molar-refractivity contribution in [3.05, 3.63) is 23.5 Å². The smallest absolute Gasteiger partial charge is 0.410 e. The van der Waals surface area contributed by atoms with E-state index in [0.29, 0.717) is 35.7 Å². The van der Waals surface area contributed by atoms with Crippen LogP contribution < -0.4 is 11.1 Å². The predicted molar refractivity (Wildman–Crippen MR) is 110 cm³/mol. The van der Waals surface area contributed by atoms with Gasteiger partial charge >= 0.3 is 6.36 Å². The van der Waals surface area contributed by atoms with Crippen molar-refractivity contribution < 1.29 is 22.7 Å². The van der Waals surface area contributed by atoms with Crippen LogP contribution in [0.25, 0.3) is 0 Å². The molecule has 1 amide bonds. The van der Waals surface area contributed by atoms with Crippen LogP contribution in [0.3, 0.4) is 0 Å². The summed E-state index contributed by atoms with van der Waals surface area (Å²) < 4.78 is 41.0. The number of carbonyl (C=O) groups excluding carboxylic acids is 1. The average molecular weight is 443 g/mol. The number of hydrogen-bond acceptors (Lipinski definition) is 6. The molecule has 0 aromatic rings. The van der Waals surface area contributed by atoms with E-state index in [2.05, 4.69) is 25.2 Å². The molecule has 0 aromatic carbocycles. The third-order valence-electron chi connectivity index (χ3n) is 5.17. The summed E-state index contributed by atoms with van der Waals surface area (Å²) in [4.78, 5) is 15.0. The molecular formula is C19H24F3N5O2S. The Hall–Kier alpha value is -2.43. The van der Waals surface area contributed by atoms with Gasteiger partial charge in [-0.25, -0.2) is 0 Å². The second-order valence-corrected chi connectivity index (χ2v) is 7.90. The minimum atomic E-state index is -4.73.